The third kappa shape index (κ3) is 4.05. The van der Waals surface area contributed by atoms with Crippen LogP contribution in [0.4, 0.5) is 11.4 Å². The molecule has 0 saturated heterocycles. The van der Waals surface area contributed by atoms with Gasteiger partial charge in [-0.1, -0.05) is 47.5 Å². The van der Waals surface area contributed by atoms with Crippen molar-refractivity contribution >= 4 is 48.3 Å². The molecule has 0 radical (unpaired) electrons. The normalized spacial score (nSPS) is 11.3. The number of aliphatic carboxylic acids is 1. The van der Waals surface area contributed by atoms with Crippen molar-refractivity contribution in [3.05, 3.63) is 58.1 Å². The summed E-state index contributed by atoms with van der Waals surface area (Å²) >= 11 is 12.1. The van der Waals surface area contributed by atoms with Gasteiger partial charge in [-0.15, -0.1) is 0 Å². The lowest BCUT2D eigenvalue weighted by molar-refractivity contribution is -0.136. The number of carboxylic acids is 1. The Labute approximate surface area is 142 Å². The minimum absolute atomic E-state index is 0.0261. The van der Waals surface area contributed by atoms with Crippen LogP contribution in [-0.2, 0) is 15.8 Å². The number of hydrogen-bond acceptors (Lipinski definition) is 2. The van der Waals surface area contributed by atoms with Crippen LogP contribution in [0.2, 0.25) is 10.0 Å². The Kier molecular flexibility index (Phi) is 5.34. The van der Waals surface area contributed by atoms with Crippen molar-refractivity contribution in [2.24, 2.45) is 0 Å². The predicted molar refractivity (Wildman–Crippen MR) is 88.4 cm³/mol. The van der Waals surface area contributed by atoms with Gasteiger partial charge < -0.3 is 14.9 Å². The lowest BCUT2D eigenvalue weighted by atomic mass is 10.1. The van der Waals surface area contributed by atoms with Gasteiger partial charge in [-0.2, -0.15) is 0 Å². The zero-order chi connectivity index (χ0) is 17.2. The number of nitrogens with zero attached hydrogens (tertiary/aromatic N) is 1. The molecule has 9 heteroatoms. The number of carbonyl (C=O) groups is 1. The van der Waals surface area contributed by atoms with Crippen molar-refractivity contribution in [1.82, 2.24) is 0 Å². The predicted octanol–water partition coefficient (Wildman–Crippen LogP) is 3.85. The van der Waals surface area contributed by atoms with Crippen LogP contribution in [0.25, 0.3) is 0 Å². The fraction of sp³-hybridized carbons (Fsp3) is 0.0714. The van der Waals surface area contributed by atoms with Crippen molar-refractivity contribution in [3.63, 3.8) is 0 Å². The smallest absolute Gasteiger partial charge is 0.434 e. The highest BCUT2D eigenvalue weighted by atomic mass is 35.5. The molecule has 0 bridgehead atoms. The van der Waals surface area contributed by atoms with Gasteiger partial charge in [0.2, 0.25) is 0 Å². The van der Waals surface area contributed by atoms with E-state index in [4.69, 9.17) is 28.3 Å². The highest BCUT2D eigenvalue weighted by Gasteiger charge is 2.32. The fourth-order valence-electron chi connectivity index (χ4n) is 2.11. The first kappa shape index (κ1) is 17.8. The lowest BCUT2D eigenvalue weighted by Gasteiger charge is -2.28. The van der Waals surface area contributed by atoms with E-state index in [9.17, 15) is 19.1 Å². The summed E-state index contributed by atoms with van der Waals surface area (Å²) in [6, 6.07) is 10.4. The van der Waals surface area contributed by atoms with Crippen LogP contribution in [0.15, 0.2) is 42.5 Å². The molecule has 23 heavy (non-hydrogen) atoms. The average molecular weight is 376 g/mol. The largest absolute Gasteiger partial charge is 0.481 e. The van der Waals surface area contributed by atoms with Gasteiger partial charge in [-0.25, -0.2) is 9.24 Å². The van der Waals surface area contributed by atoms with E-state index >= 15 is 0 Å². The van der Waals surface area contributed by atoms with E-state index in [-0.39, 0.29) is 27.0 Å². The van der Waals surface area contributed by atoms with Crippen molar-refractivity contribution in [2.45, 2.75) is 6.42 Å². The molecule has 0 aliphatic heterocycles. The molecule has 122 valence electrons. The molecule has 2 aromatic carbocycles. The van der Waals surface area contributed by atoms with Crippen LogP contribution < -0.4 is 4.67 Å². The maximum atomic E-state index is 12.0. The van der Waals surface area contributed by atoms with Gasteiger partial charge in [-0.05, 0) is 23.8 Å². The van der Waals surface area contributed by atoms with Crippen molar-refractivity contribution in [2.75, 3.05) is 4.67 Å². The van der Waals surface area contributed by atoms with E-state index in [2.05, 4.69) is 0 Å². The van der Waals surface area contributed by atoms with E-state index < -0.39 is 20.1 Å². The van der Waals surface area contributed by atoms with Crippen LogP contribution >= 0.6 is 30.9 Å². The van der Waals surface area contributed by atoms with Crippen molar-refractivity contribution in [3.8, 4) is 0 Å². The molecule has 0 atom stereocenters. The third-order valence-corrected chi connectivity index (χ3v) is 4.52. The maximum absolute atomic E-state index is 12.0. The Bertz CT molecular complexity index is 772. The summed E-state index contributed by atoms with van der Waals surface area (Å²) in [7, 11) is -4.87. The number of hydrogen-bond donors (Lipinski definition) is 3. The van der Waals surface area contributed by atoms with Crippen LogP contribution in [0.1, 0.15) is 5.56 Å². The second kappa shape index (κ2) is 6.91. The summed E-state index contributed by atoms with van der Waals surface area (Å²) in [6.07, 6.45) is -0.408. The molecule has 0 aromatic heterocycles. The van der Waals surface area contributed by atoms with Crippen molar-refractivity contribution < 1.29 is 24.3 Å². The van der Waals surface area contributed by atoms with Crippen LogP contribution in [0.3, 0.4) is 0 Å². The number of para-hydroxylation sites is 2. The van der Waals surface area contributed by atoms with Gasteiger partial charge in [0, 0.05) is 0 Å². The Morgan fingerprint density at radius 2 is 1.61 bits per heavy atom. The van der Waals surface area contributed by atoms with Gasteiger partial charge in [0.1, 0.15) is 0 Å². The summed E-state index contributed by atoms with van der Waals surface area (Å²) < 4.78 is 12.7. The SMILES string of the molecule is O=C(O)Cc1ccccc1N(c1c(Cl)cccc1Cl)P(=O)(O)O. The van der Waals surface area contributed by atoms with E-state index in [0.717, 1.165) is 0 Å². The quantitative estimate of drug-likeness (QED) is 0.686. The second-order valence-electron chi connectivity index (χ2n) is 4.59. The van der Waals surface area contributed by atoms with Gasteiger partial charge >= 0.3 is 13.7 Å². The van der Waals surface area contributed by atoms with Gasteiger partial charge in [0.05, 0.1) is 27.8 Å². The molecule has 0 spiro atoms. The summed E-state index contributed by atoms with van der Waals surface area (Å²) in [5.41, 5.74) is 0.166. The van der Waals surface area contributed by atoms with Crippen LogP contribution in [0.5, 0.6) is 0 Å². The van der Waals surface area contributed by atoms with Gasteiger partial charge in [-0.3, -0.25) is 4.79 Å². The topological polar surface area (TPSA) is 98.1 Å². The molecule has 0 amide bonds. The van der Waals surface area contributed by atoms with Crippen molar-refractivity contribution in [1.29, 1.82) is 0 Å². The maximum Gasteiger partial charge on any atom is 0.434 e. The number of carboxylic acid groups (broad SMARTS) is 1. The average Bonchev–Trinajstić information content (AvgIpc) is 2.42. The number of anilines is 2. The highest BCUT2D eigenvalue weighted by Crippen LogP contribution is 2.54. The lowest BCUT2D eigenvalue weighted by Crippen LogP contribution is -2.17. The van der Waals surface area contributed by atoms with E-state index in [0.29, 0.717) is 4.67 Å². The zero-order valence-electron chi connectivity index (χ0n) is 11.6. The molecule has 0 unspecified atom stereocenters. The standard InChI is InChI=1S/C14H12Cl2NO5P/c15-10-5-3-6-11(16)14(10)17(23(20,21)22)12-7-2-1-4-9(12)8-13(18)19/h1-7H,8H2,(H,18,19)(H2,20,21,22). The third-order valence-electron chi connectivity index (χ3n) is 2.97. The van der Waals surface area contributed by atoms with Crippen LogP contribution in [-0.4, -0.2) is 20.9 Å². The Balaban J connectivity index is 2.72. The summed E-state index contributed by atoms with van der Waals surface area (Å²) in [5, 5.41) is 9.06. The number of halogens is 2. The molecule has 6 nitrogen and oxygen atoms in total. The number of rotatable bonds is 5. The Hall–Kier alpha value is -1.56. The van der Waals surface area contributed by atoms with E-state index in [1.165, 1.54) is 36.4 Å². The monoisotopic (exact) mass is 375 g/mol. The second-order valence-corrected chi connectivity index (χ2v) is 6.84. The first-order chi connectivity index (χ1) is 10.7. The molecule has 0 saturated carbocycles. The molecule has 2 rings (SSSR count). The Morgan fingerprint density at radius 3 is 2.13 bits per heavy atom. The molecular weight excluding hydrogens is 364 g/mol. The van der Waals surface area contributed by atoms with E-state index in [1.54, 1.807) is 6.07 Å². The molecule has 3 N–H and O–H groups in total. The minimum Gasteiger partial charge on any atom is -0.481 e. The highest BCUT2D eigenvalue weighted by molar-refractivity contribution is 7.54. The summed E-state index contributed by atoms with van der Waals surface area (Å²) in [5.74, 6) is -1.13. The minimum atomic E-state index is -4.87. The number of benzene rings is 2. The van der Waals surface area contributed by atoms with E-state index in [1.807, 2.05) is 0 Å². The summed E-state index contributed by atoms with van der Waals surface area (Å²) in [4.78, 5) is 30.5. The molecule has 0 aliphatic rings. The molecule has 0 fully saturated rings. The van der Waals surface area contributed by atoms with Crippen LogP contribution in [0, 0.1) is 0 Å². The molecule has 2 aromatic rings. The zero-order valence-corrected chi connectivity index (χ0v) is 14.0. The first-order valence-electron chi connectivity index (χ1n) is 6.31. The molecule has 0 aliphatic carbocycles. The first-order valence-corrected chi connectivity index (χ1v) is 8.64. The van der Waals surface area contributed by atoms with Gasteiger partial charge in [0.15, 0.2) is 0 Å². The fourth-order valence-corrected chi connectivity index (χ4v) is 3.75. The van der Waals surface area contributed by atoms with Gasteiger partial charge in [0.25, 0.3) is 0 Å². The molecular formula is C14H12Cl2NO5P. The molecule has 0 heterocycles. The Morgan fingerprint density at radius 1 is 1.04 bits per heavy atom. The summed E-state index contributed by atoms with van der Waals surface area (Å²) in [6.45, 7) is 0.